The summed E-state index contributed by atoms with van der Waals surface area (Å²) in [4.78, 5) is 0. The normalized spacial score (nSPS) is 17.2. The van der Waals surface area contributed by atoms with E-state index in [0.29, 0.717) is 6.42 Å². The number of nitriles is 1. The molecule has 4 nitrogen and oxygen atoms in total. The van der Waals surface area contributed by atoms with Gasteiger partial charge in [-0.05, 0) is 128 Å². The molecule has 1 unspecified atom stereocenters. The molecule has 0 N–H and O–H groups in total. The first-order chi connectivity index (χ1) is 26.6. The maximum atomic E-state index is 10.0. The second kappa shape index (κ2) is 11.7. The highest BCUT2D eigenvalue weighted by molar-refractivity contribution is 6.09. The van der Waals surface area contributed by atoms with E-state index < -0.39 is 5.41 Å². The van der Waals surface area contributed by atoms with E-state index in [2.05, 4.69) is 171 Å². The van der Waals surface area contributed by atoms with Gasteiger partial charge in [0.25, 0.3) is 0 Å². The van der Waals surface area contributed by atoms with Crippen LogP contribution in [0.15, 0.2) is 133 Å². The third-order valence-electron chi connectivity index (χ3n) is 12.0. The molecule has 0 radical (unpaired) electrons. The largest absolute Gasteiger partial charge is 0.313 e. The second-order valence-corrected chi connectivity index (χ2v) is 15.4. The Balaban J connectivity index is 1.17. The first kappa shape index (κ1) is 31.0. The van der Waals surface area contributed by atoms with Crippen molar-refractivity contribution in [2.45, 2.75) is 39.0 Å². The van der Waals surface area contributed by atoms with E-state index in [9.17, 15) is 5.26 Å². The van der Waals surface area contributed by atoms with Crippen molar-refractivity contribution in [1.29, 1.82) is 5.26 Å². The van der Waals surface area contributed by atoms with E-state index in [-0.39, 0.29) is 0 Å². The Morgan fingerprint density at radius 3 is 1.94 bits per heavy atom. The van der Waals surface area contributed by atoms with Crippen LogP contribution < -0.4 is 0 Å². The lowest BCUT2D eigenvalue weighted by Crippen LogP contribution is -2.18. The van der Waals surface area contributed by atoms with Crippen molar-refractivity contribution >= 4 is 50.9 Å². The molecule has 0 amide bonds. The van der Waals surface area contributed by atoms with E-state index in [1.54, 1.807) is 0 Å². The summed E-state index contributed by atoms with van der Waals surface area (Å²) in [7, 11) is 0. The van der Waals surface area contributed by atoms with Gasteiger partial charge in [0.05, 0.1) is 28.0 Å². The van der Waals surface area contributed by atoms with Gasteiger partial charge in [-0.3, -0.25) is 0 Å². The third kappa shape index (κ3) is 4.55. The predicted molar refractivity (Wildman–Crippen MR) is 224 cm³/mol. The minimum atomic E-state index is -0.519. The summed E-state index contributed by atoms with van der Waals surface area (Å²) in [5.74, 6) is 0. The molecule has 3 aromatic heterocycles. The SMILES string of the molecule is CC1(C#N)C=Cc2c(c3ccccc3n2-c2cccc(-c3cc(-n4c5c(c6c4CCC=C6)CCC=C5)cc(-n4c5ccccc5c5ccccc54)c3)c2)C1. The van der Waals surface area contributed by atoms with Crippen LogP contribution in [0.25, 0.3) is 79.1 Å². The quantitative estimate of drug-likeness (QED) is 0.181. The molecular weight excluding hydrogens is 657 g/mol. The number of hydrogen-bond donors (Lipinski definition) is 0. The average molecular weight is 695 g/mol. The fourth-order valence-electron chi connectivity index (χ4n) is 9.51. The van der Waals surface area contributed by atoms with Crippen LogP contribution in [0.3, 0.4) is 0 Å². The van der Waals surface area contributed by atoms with Crippen LogP contribution >= 0.6 is 0 Å². The smallest absolute Gasteiger partial charge is 0.0770 e. The lowest BCUT2D eigenvalue weighted by molar-refractivity contribution is 0.562. The summed E-state index contributed by atoms with van der Waals surface area (Å²) in [5.41, 5.74) is 16.9. The number of hydrogen-bond acceptors (Lipinski definition) is 1. The highest BCUT2D eigenvalue weighted by Crippen LogP contribution is 2.42. The number of aromatic nitrogens is 3. The monoisotopic (exact) mass is 694 g/mol. The van der Waals surface area contributed by atoms with Gasteiger partial charge < -0.3 is 13.7 Å². The predicted octanol–water partition coefficient (Wildman–Crippen LogP) is 12.2. The van der Waals surface area contributed by atoms with Gasteiger partial charge in [-0.15, -0.1) is 0 Å². The summed E-state index contributed by atoms with van der Waals surface area (Å²) >= 11 is 0. The first-order valence-electron chi connectivity index (χ1n) is 19.2. The zero-order chi connectivity index (χ0) is 36.0. The highest BCUT2D eigenvalue weighted by Gasteiger charge is 2.30. The molecule has 0 bridgehead atoms. The third-order valence-corrected chi connectivity index (χ3v) is 12.0. The molecule has 54 heavy (non-hydrogen) atoms. The Morgan fingerprint density at radius 1 is 0.556 bits per heavy atom. The molecular formula is C50H38N4. The van der Waals surface area contributed by atoms with Crippen molar-refractivity contribution in [3.05, 3.63) is 167 Å². The van der Waals surface area contributed by atoms with E-state index in [0.717, 1.165) is 53.8 Å². The molecule has 0 saturated carbocycles. The van der Waals surface area contributed by atoms with Gasteiger partial charge in [-0.2, -0.15) is 5.26 Å². The number of para-hydroxylation sites is 3. The van der Waals surface area contributed by atoms with Crippen molar-refractivity contribution < 1.29 is 0 Å². The zero-order valence-corrected chi connectivity index (χ0v) is 30.3. The molecule has 258 valence electrons. The second-order valence-electron chi connectivity index (χ2n) is 15.4. The first-order valence-corrected chi connectivity index (χ1v) is 19.2. The van der Waals surface area contributed by atoms with Crippen LogP contribution in [0.5, 0.6) is 0 Å². The summed E-state index contributed by atoms with van der Waals surface area (Å²) in [5, 5.41) is 13.8. The van der Waals surface area contributed by atoms with E-state index in [1.807, 2.05) is 6.92 Å². The zero-order valence-electron chi connectivity index (χ0n) is 30.3. The lowest BCUT2D eigenvalue weighted by Gasteiger charge is -2.22. The van der Waals surface area contributed by atoms with Crippen LogP contribution in [0.1, 0.15) is 53.5 Å². The van der Waals surface area contributed by atoms with Crippen molar-refractivity contribution in [2.75, 3.05) is 0 Å². The van der Waals surface area contributed by atoms with Crippen LogP contribution in [0.2, 0.25) is 0 Å². The van der Waals surface area contributed by atoms with Crippen LogP contribution in [0.4, 0.5) is 0 Å². The minimum absolute atomic E-state index is 0.519. The van der Waals surface area contributed by atoms with E-state index >= 15 is 0 Å². The molecule has 0 fully saturated rings. The molecule has 0 aliphatic heterocycles. The summed E-state index contributed by atoms with van der Waals surface area (Å²) < 4.78 is 7.39. The van der Waals surface area contributed by atoms with Gasteiger partial charge in [-0.25, -0.2) is 0 Å². The summed E-state index contributed by atoms with van der Waals surface area (Å²) in [6, 6.07) is 44.9. The Bertz CT molecular complexity index is 2950. The van der Waals surface area contributed by atoms with Gasteiger partial charge in [0.2, 0.25) is 0 Å². The fraction of sp³-hybridized carbons (Fsp3) is 0.140. The summed E-state index contributed by atoms with van der Waals surface area (Å²) in [6.45, 7) is 2.03. The molecule has 0 saturated heterocycles. The molecule has 11 rings (SSSR count). The van der Waals surface area contributed by atoms with Crippen molar-refractivity contribution in [3.8, 4) is 34.3 Å². The minimum Gasteiger partial charge on any atom is -0.313 e. The molecule has 0 spiro atoms. The van der Waals surface area contributed by atoms with Gasteiger partial charge in [-0.1, -0.05) is 91.0 Å². The maximum absolute atomic E-state index is 10.0. The number of rotatable bonds is 4. The Kier molecular flexibility index (Phi) is 6.73. The number of fused-ring (bicyclic) bond motifs is 9. The van der Waals surface area contributed by atoms with Gasteiger partial charge >= 0.3 is 0 Å². The molecule has 4 heteroatoms. The van der Waals surface area contributed by atoms with E-state index in [4.69, 9.17) is 0 Å². The lowest BCUT2D eigenvalue weighted by atomic mass is 9.80. The van der Waals surface area contributed by atoms with Crippen molar-refractivity contribution in [1.82, 2.24) is 13.7 Å². The highest BCUT2D eigenvalue weighted by atomic mass is 15.0. The standard InChI is InChI=1S/C50H38N4/c1-50(32-51)26-25-49-43(31-50)42-19-6-11-24-48(42)52(49)35-14-12-13-33(27-35)34-28-36(53-44-20-7-2-15-38(44)39-16-3-8-21-45(39)53)30-37(29-34)54-46-22-9-4-17-40(46)41-18-5-10-23-47(41)54/h2-4,6-8,10-17,19-21,23-30H,5,9,18,22,31H2,1H3. The average Bonchev–Trinajstić information content (AvgIpc) is 3.86. The molecule has 3 aliphatic rings. The van der Waals surface area contributed by atoms with Crippen LogP contribution in [-0.2, 0) is 19.3 Å². The molecule has 3 heterocycles. The molecule has 1 atom stereocenters. The van der Waals surface area contributed by atoms with Crippen LogP contribution in [-0.4, -0.2) is 13.7 Å². The van der Waals surface area contributed by atoms with E-state index in [1.165, 1.54) is 66.5 Å². The van der Waals surface area contributed by atoms with Gasteiger partial charge in [0, 0.05) is 50.3 Å². The Labute approximate surface area is 314 Å². The molecule has 5 aromatic carbocycles. The van der Waals surface area contributed by atoms with Crippen LogP contribution in [0, 0.1) is 16.7 Å². The molecule has 8 aromatic rings. The number of benzene rings is 5. The fourth-order valence-corrected chi connectivity index (χ4v) is 9.51. The van der Waals surface area contributed by atoms with Gasteiger partial charge in [0.15, 0.2) is 0 Å². The Hall–Kier alpha value is -6.57. The number of allylic oxidation sites excluding steroid dienone is 3. The maximum Gasteiger partial charge on any atom is 0.0770 e. The van der Waals surface area contributed by atoms with Gasteiger partial charge in [0.1, 0.15) is 0 Å². The van der Waals surface area contributed by atoms with Crippen molar-refractivity contribution in [2.24, 2.45) is 5.41 Å². The summed E-state index contributed by atoms with van der Waals surface area (Å²) in [6.07, 6.45) is 18.6. The Morgan fingerprint density at radius 2 is 1.19 bits per heavy atom. The topological polar surface area (TPSA) is 38.6 Å². The van der Waals surface area contributed by atoms with Crippen molar-refractivity contribution in [3.63, 3.8) is 0 Å². The number of nitrogens with zero attached hydrogens (tertiary/aromatic N) is 4. The molecule has 3 aliphatic carbocycles.